The van der Waals surface area contributed by atoms with Gasteiger partial charge in [-0.15, -0.1) is 0 Å². The number of aliphatic hydroxyl groups excluding tert-OH is 1. The zero-order valence-electron chi connectivity index (χ0n) is 23.9. The summed E-state index contributed by atoms with van der Waals surface area (Å²) in [6.07, 6.45) is 3.60. The smallest absolute Gasteiger partial charge is 0.391 e. The first-order chi connectivity index (χ1) is 18.5. The van der Waals surface area contributed by atoms with Crippen molar-refractivity contribution < 1.29 is 36.6 Å². The predicted octanol–water partition coefficient (Wildman–Crippen LogP) is 8.91. The fraction of sp³-hybridized carbons (Fsp3) is 0.968. The number of alkyl halides is 5. The molecule has 7 unspecified atom stereocenters. The molecular weight excluding hydrogens is 515 g/mol. The monoisotopic (exact) mass is 566 g/mol. The van der Waals surface area contributed by atoms with E-state index in [4.69, 9.17) is 4.74 Å². The summed E-state index contributed by atoms with van der Waals surface area (Å²) < 4.78 is 73.3. The fourth-order valence-corrected chi connectivity index (χ4v) is 7.62. The molecule has 7 atom stereocenters. The Kier molecular flexibility index (Phi) is 13.0. The van der Waals surface area contributed by atoms with Crippen molar-refractivity contribution in [1.29, 1.82) is 0 Å². The van der Waals surface area contributed by atoms with E-state index in [-0.39, 0.29) is 61.4 Å². The Hall–Kier alpha value is -0.760. The van der Waals surface area contributed by atoms with Gasteiger partial charge in [-0.1, -0.05) is 39.5 Å². The molecule has 3 rings (SSSR count). The molecule has 0 aromatic carbocycles. The summed E-state index contributed by atoms with van der Waals surface area (Å²) in [5.74, 6) is -1.98. The third kappa shape index (κ3) is 10.5. The van der Waals surface area contributed by atoms with Gasteiger partial charge in [0.1, 0.15) is 5.78 Å². The van der Waals surface area contributed by atoms with Crippen molar-refractivity contribution >= 4 is 5.78 Å². The molecule has 0 aromatic heterocycles. The number of ketones is 1. The lowest BCUT2D eigenvalue weighted by Crippen LogP contribution is -2.40. The van der Waals surface area contributed by atoms with Crippen molar-refractivity contribution in [3.63, 3.8) is 0 Å². The van der Waals surface area contributed by atoms with Gasteiger partial charge in [0.25, 0.3) is 0 Å². The number of hydrogen-bond acceptors (Lipinski definition) is 3. The summed E-state index contributed by atoms with van der Waals surface area (Å²) in [6, 6.07) is 0. The number of carbonyl (C=O) groups is 1. The Morgan fingerprint density at radius 3 is 2.23 bits per heavy atom. The lowest BCUT2D eigenvalue weighted by Gasteiger charge is -2.39. The lowest BCUT2D eigenvalue weighted by molar-refractivity contribution is -0.201. The van der Waals surface area contributed by atoms with Crippen molar-refractivity contribution in [1.82, 2.24) is 0 Å². The first kappa shape index (κ1) is 32.8. The summed E-state index contributed by atoms with van der Waals surface area (Å²) in [7, 11) is 0. The molecule has 3 aliphatic rings. The number of aliphatic hydroxyl groups is 1. The van der Waals surface area contributed by atoms with Crippen molar-refractivity contribution in [3.05, 3.63) is 0 Å². The second-order valence-corrected chi connectivity index (χ2v) is 13.2. The van der Waals surface area contributed by atoms with E-state index >= 15 is 0 Å². The highest BCUT2D eigenvalue weighted by Gasteiger charge is 2.45. The molecule has 0 aromatic rings. The van der Waals surface area contributed by atoms with E-state index in [1.807, 2.05) is 6.92 Å². The van der Waals surface area contributed by atoms with Gasteiger partial charge < -0.3 is 9.84 Å². The second-order valence-electron chi connectivity index (χ2n) is 13.2. The fourth-order valence-electron chi connectivity index (χ4n) is 7.62. The van der Waals surface area contributed by atoms with Gasteiger partial charge in [0.2, 0.25) is 6.43 Å². The van der Waals surface area contributed by atoms with Gasteiger partial charge in [-0.25, -0.2) is 8.78 Å². The maximum absolute atomic E-state index is 13.7. The molecule has 8 heteroatoms. The Morgan fingerprint density at radius 1 is 0.897 bits per heavy atom. The van der Waals surface area contributed by atoms with Gasteiger partial charge in [0.05, 0.1) is 24.2 Å². The van der Waals surface area contributed by atoms with Crippen LogP contribution >= 0.6 is 0 Å². The number of hydrogen-bond donors (Lipinski definition) is 1. The summed E-state index contributed by atoms with van der Waals surface area (Å²) in [5, 5.41) is 11.0. The molecule has 0 heterocycles. The van der Waals surface area contributed by atoms with Crippen LogP contribution in [0, 0.1) is 35.5 Å². The highest BCUT2D eigenvalue weighted by atomic mass is 19.4. The molecule has 0 spiro atoms. The van der Waals surface area contributed by atoms with Crippen LogP contribution < -0.4 is 0 Å². The SMILES string of the molecule is CCCCCC(=O)CC1CC(C(F)F)CC(CCCC2CCC(OC3CC(C)CC(C(F)(F)F)C3)CC2)C1O. The third-order valence-corrected chi connectivity index (χ3v) is 9.81. The minimum Gasteiger partial charge on any atom is -0.393 e. The van der Waals surface area contributed by atoms with Gasteiger partial charge >= 0.3 is 6.18 Å². The molecule has 0 radical (unpaired) electrons. The number of rotatable bonds is 13. The maximum atomic E-state index is 13.7. The lowest BCUT2D eigenvalue weighted by atomic mass is 9.69. The molecule has 3 nitrogen and oxygen atoms in total. The molecule has 1 N–H and O–H groups in total. The average molecular weight is 567 g/mol. The van der Waals surface area contributed by atoms with Gasteiger partial charge in [-0.2, -0.15) is 13.2 Å². The molecule has 0 bridgehead atoms. The van der Waals surface area contributed by atoms with Crippen molar-refractivity contribution in [2.45, 2.75) is 154 Å². The van der Waals surface area contributed by atoms with E-state index in [1.165, 1.54) is 0 Å². The van der Waals surface area contributed by atoms with E-state index in [0.29, 0.717) is 31.6 Å². The summed E-state index contributed by atoms with van der Waals surface area (Å²) in [4.78, 5) is 12.4. The predicted molar refractivity (Wildman–Crippen MR) is 143 cm³/mol. The second kappa shape index (κ2) is 15.5. The summed E-state index contributed by atoms with van der Waals surface area (Å²) in [5.41, 5.74) is 0. The van der Waals surface area contributed by atoms with Gasteiger partial charge in [0, 0.05) is 18.8 Å². The molecule has 0 aliphatic heterocycles. The standard InChI is InChI=1S/C31H51F5O3/c1-3-4-5-9-26(37)18-23-17-24(30(32)33)16-22(29(23)38)8-6-7-21-10-12-27(13-11-21)39-28-15-20(2)14-25(19-28)31(34,35)36/h20-25,27-30,38H,3-19H2,1-2H3. The van der Waals surface area contributed by atoms with Crippen LogP contribution in [0.15, 0.2) is 0 Å². The van der Waals surface area contributed by atoms with Gasteiger partial charge in [0.15, 0.2) is 0 Å². The summed E-state index contributed by atoms with van der Waals surface area (Å²) >= 11 is 0. The Morgan fingerprint density at radius 2 is 1.59 bits per heavy atom. The van der Waals surface area contributed by atoms with Crippen molar-refractivity contribution in [2.24, 2.45) is 35.5 Å². The van der Waals surface area contributed by atoms with E-state index in [2.05, 4.69) is 6.92 Å². The first-order valence-corrected chi connectivity index (χ1v) is 15.7. The highest BCUT2D eigenvalue weighted by Crippen LogP contribution is 2.43. The van der Waals surface area contributed by atoms with Crippen LogP contribution in [-0.4, -0.2) is 41.8 Å². The van der Waals surface area contributed by atoms with Gasteiger partial charge in [-0.05, 0) is 94.3 Å². The number of ether oxygens (including phenoxy) is 1. The number of Topliss-reactive ketones (excluding diaryl/α,β-unsaturated/α-hetero) is 1. The van der Waals surface area contributed by atoms with Crippen LogP contribution in [0.3, 0.4) is 0 Å². The molecule has 3 aliphatic carbocycles. The minimum atomic E-state index is -4.15. The zero-order valence-corrected chi connectivity index (χ0v) is 23.9. The van der Waals surface area contributed by atoms with Crippen LogP contribution in [0.4, 0.5) is 22.0 Å². The number of carbonyl (C=O) groups excluding carboxylic acids is 1. The van der Waals surface area contributed by atoms with E-state index < -0.39 is 30.5 Å². The van der Waals surface area contributed by atoms with Crippen LogP contribution in [0.5, 0.6) is 0 Å². The third-order valence-electron chi connectivity index (χ3n) is 9.81. The van der Waals surface area contributed by atoms with E-state index in [0.717, 1.165) is 57.8 Å². The number of unbranched alkanes of at least 4 members (excludes halogenated alkanes) is 2. The molecule has 39 heavy (non-hydrogen) atoms. The van der Waals surface area contributed by atoms with Crippen LogP contribution in [-0.2, 0) is 9.53 Å². The first-order valence-electron chi connectivity index (χ1n) is 15.7. The molecule has 3 saturated carbocycles. The zero-order chi connectivity index (χ0) is 28.6. The minimum absolute atomic E-state index is 0.0188. The quantitative estimate of drug-likeness (QED) is 0.179. The molecule has 228 valence electrons. The molecule has 3 fully saturated rings. The van der Waals surface area contributed by atoms with Crippen LogP contribution in [0.2, 0.25) is 0 Å². The molecule has 0 amide bonds. The maximum Gasteiger partial charge on any atom is 0.391 e. The Balaban J connectivity index is 1.40. The normalized spacial score (nSPS) is 36.3. The summed E-state index contributed by atoms with van der Waals surface area (Å²) in [6.45, 7) is 3.95. The average Bonchev–Trinajstić information content (AvgIpc) is 2.86. The van der Waals surface area contributed by atoms with E-state index in [9.17, 15) is 31.9 Å². The Labute approximate surface area is 232 Å². The topological polar surface area (TPSA) is 46.5 Å². The Bertz CT molecular complexity index is 722. The van der Waals surface area contributed by atoms with Crippen molar-refractivity contribution in [3.8, 4) is 0 Å². The van der Waals surface area contributed by atoms with Crippen molar-refractivity contribution in [2.75, 3.05) is 0 Å². The van der Waals surface area contributed by atoms with Crippen LogP contribution in [0.1, 0.15) is 123 Å². The largest absolute Gasteiger partial charge is 0.393 e. The number of halogens is 5. The highest BCUT2D eigenvalue weighted by molar-refractivity contribution is 5.78. The van der Waals surface area contributed by atoms with E-state index in [1.54, 1.807) is 0 Å². The van der Waals surface area contributed by atoms with Gasteiger partial charge in [-0.3, -0.25) is 4.79 Å². The molecule has 0 saturated heterocycles. The molecular formula is C31H51F5O3. The van der Waals surface area contributed by atoms with Crippen LogP contribution in [0.25, 0.3) is 0 Å².